The van der Waals surface area contributed by atoms with Crippen LogP contribution in [0.15, 0.2) is 103 Å². The number of nitrogens with zero attached hydrogens (tertiary/aromatic N) is 1. The molecule has 3 aromatic carbocycles. The second-order valence-electron chi connectivity index (χ2n) is 10.9. The summed E-state index contributed by atoms with van der Waals surface area (Å²) in [6, 6.07) is 30.5. The highest BCUT2D eigenvalue weighted by molar-refractivity contribution is 6.99. The standard InChI is InChI=1S/C32H37NO4Si/c1-25(15-14-22-30(34)33-27(24-36-31(33)35)23-26-16-8-5-9-17-26)37-38(32(2,3)4,28-18-10-6-11-19-28)29-20-12-7-13-21-29/h5-14,16-22,25,27H,15,23-24H2,1-4H3/b22-14+/t25-,27+/m0/s1. The van der Waals surface area contributed by atoms with E-state index < -0.39 is 14.4 Å². The van der Waals surface area contributed by atoms with Crippen LogP contribution < -0.4 is 10.4 Å². The molecule has 1 heterocycles. The van der Waals surface area contributed by atoms with Gasteiger partial charge < -0.3 is 9.16 Å². The van der Waals surface area contributed by atoms with Crippen molar-refractivity contribution in [2.75, 3.05) is 6.61 Å². The number of hydrogen-bond donors (Lipinski definition) is 0. The lowest BCUT2D eigenvalue weighted by molar-refractivity contribution is -0.124. The number of benzene rings is 3. The van der Waals surface area contributed by atoms with Crippen molar-refractivity contribution in [3.63, 3.8) is 0 Å². The molecule has 5 nitrogen and oxygen atoms in total. The highest BCUT2D eigenvalue weighted by Crippen LogP contribution is 2.37. The Hall–Kier alpha value is -3.48. The predicted octanol–water partition coefficient (Wildman–Crippen LogP) is 5.49. The number of carbonyl (C=O) groups excluding carboxylic acids is 2. The maximum Gasteiger partial charge on any atom is 0.417 e. The first-order valence-corrected chi connectivity index (χ1v) is 15.1. The van der Waals surface area contributed by atoms with Crippen molar-refractivity contribution in [1.82, 2.24) is 4.90 Å². The van der Waals surface area contributed by atoms with Crippen LogP contribution in [0, 0.1) is 0 Å². The van der Waals surface area contributed by atoms with E-state index in [0.717, 1.165) is 5.56 Å². The Kier molecular flexibility index (Phi) is 8.64. The molecule has 2 amide bonds. The summed E-state index contributed by atoms with van der Waals surface area (Å²) >= 11 is 0. The topological polar surface area (TPSA) is 55.8 Å². The van der Waals surface area contributed by atoms with Gasteiger partial charge in [-0.1, -0.05) is 118 Å². The van der Waals surface area contributed by atoms with Crippen molar-refractivity contribution in [1.29, 1.82) is 0 Å². The molecule has 38 heavy (non-hydrogen) atoms. The van der Waals surface area contributed by atoms with Crippen LogP contribution in [-0.2, 0) is 20.4 Å². The third-order valence-electron chi connectivity index (χ3n) is 7.04. The second-order valence-corrected chi connectivity index (χ2v) is 15.1. The smallest absolute Gasteiger partial charge is 0.417 e. The number of amides is 2. The molecule has 0 spiro atoms. The lowest BCUT2D eigenvalue weighted by Crippen LogP contribution is -2.67. The molecule has 1 fully saturated rings. The van der Waals surface area contributed by atoms with Gasteiger partial charge in [0.2, 0.25) is 0 Å². The van der Waals surface area contributed by atoms with E-state index in [1.165, 1.54) is 21.3 Å². The summed E-state index contributed by atoms with van der Waals surface area (Å²) in [5.41, 5.74) is 1.06. The van der Waals surface area contributed by atoms with Crippen molar-refractivity contribution in [2.45, 2.75) is 57.7 Å². The molecule has 0 aliphatic carbocycles. The number of carbonyl (C=O) groups is 2. The molecular weight excluding hydrogens is 490 g/mol. The minimum absolute atomic E-state index is 0.131. The normalized spacial score (nSPS) is 17.0. The van der Waals surface area contributed by atoms with Gasteiger partial charge in [-0.25, -0.2) is 9.69 Å². The number of hydrogen-bond acceptors (Lipinski definition) is 4. The van der Waals surface area contributed by atoms with Crippen LogP contribution in [0.2, 0.25) is 5.04 Å². The number of cyclic esters (lactones) is 1. The van der Waals surface area contributed by atoms with E-state index in [2.05, 4.69) is 76.2 Å². The van der Waals surface area contributed by atoms with E-state index in [9.17, 15) is 9.59 Å². The molecular formula is C32H37NO4Si. The fourth-order valence-corrected chi connectivity index (χ4v) is 9.96. The van der Waals surface area contributed by atoms with Gasteiger partial charge in [0.05, 0.1) is 6.04 Å². The van der Waals surface area contributed by atoms with Gasteiger partial charge >= 0.3 is 6.09 Å². The van der Waals surface area contributed by atoms with Gasteiger partial charge in [0.15, 0.2) is 0 Å². The van der Waals surface area contributed by atoms with E-state index in [1.54, 1.807) is 0 Å². The Bertz CT molecular complexity index is 1200. The molecule has 0 bridgehead atoms. The predicted molar refractivity (Wildman–Crippen MR) is 154 cm³/mol. The molecule has 0 N–H and O–H groups in total. The van der Waals surface area contributed by atoms with Crippen molar-refractivity contribution in [3.8, 4) is 0 Å². The summed E-state index contributed by atoms with van der Waals surface area (Å²) in [6.45, 7) is 9.00. The zero-order chi connectivity index (χ0) is 27.2. The Labute approximate surface area is 227 Å². The highest BCUT2D eigenvalue weighted by atomic mass is 28.4. The van der Waals surface area contributed by atoms with Crippen LogP contribution in [0.5, 0.6) is 0 Å². The van der Waals surface area contributed by atoms with Crippen molar-refractivity contribution in [2.24, 2.45) is 0 Å². The summed E-state index contributed by atoms with van der Waals surface area (Å²) in [6.07, 6.45) is 3.68. The van der Waals surface area contributed by atoms with Crippen LogP contribution in [0.3, 0.4) is 0 Å². The molecule has 198 valence electrons. The lowest BCUT2D eigenvalue weighted by atomic mass is 10.1. The minimum atomic E-state index is -2.68. The van der Waals surface area contributed by atoms with Gasteiger partial charge in [-0.15, -0.1) is 0 Å². The molecule has 4 rings (SSSR count). The SMILES string of the molecule is C[C@@H](C/C=C/C(=O)N1C(=O)OC[C@H]1Cc1ccccc1)O[Si](c1ccccc1)(c1ccccc1)C(C)(C)C. The molecule has 0 radical (unpaired) electrons. The van der Waals surface area contributed by atoms with Crippen molar-refractivity contribution in [3.05, 3.63) is 109 Å². The molecule has 2 atom stereocenters. The van der Waals surface area contributed by atoms with E-state index in [-0.39, 0.29) is 29.7 Å². The van der Waals surface area contributed by atoms with E-state index in [0.29, 0.717) is 12.8 Å². The number of imide groups is 1. The van der Waals surface area contributed by atoms with Gasteiger partial charge in [-0.3, -0.25) is 4.79 Å². The van der Waals surface area contributed by atoms with E-state index in [1.807, 2.05) is 48.5 Å². The third kappa shape index (κ3) is 5.98. The Balaban J connectivity index is 1.50. The van der Waals surface area contributed by atoms with Crippen LogP contribution in [0.1, 0.15) is 39.7 Å². The van der Waals surface area contributed by atoms with Gasteiger partial charge in [0.25, 0.3) is 14.2 Å². The minimum Gasteiger partial charge on any atom is -0.447 e. The zero-order valence-electron chi connectivity index (χ0n) is 22.7. The van der Waals surface area contributed by atoms with E-state index >= 15 is 0 Å². The lowest BCUT2D eigenvalue weighted by Gasteiger charge is -2.44. The quantitative estimate of drug-likeness (QED) is 0.273. The summed E-state index contributed by atoms with van der Waals surface area (Å²) < 4.78 is 12.3. The fraction of sp³-hybridized carbons (Fsp3) is 0.312. The van der Waals surface area contributed by atoms with Crippen molar-refractivity contribution < 1.29 is 18.8 Å². The maximum atomic E-state index is 13.0. The molecule has 1 aliphatic rings. The average Bonchev–Trinajstić information content (AvgIpc) is 3.27. The Morgan fingerprint density at radius 2 is 1.50 bits per heavy atom. The summed E-state index contributed by atoms with van der Waals surface area (Å²) in [5.74, 6) is -0.355. The summed E-state index contributed by atoms with van der Waals surface area (Å²) in [5, 5.41) is 2.30. The molecule has 0 saturated carbocycles. The number of ether oxygens (including phenoxy) is 1. The summed E-state index contributed by atoms with van der Waals surface area (Å²) in [7, 11) is -2.68. The Morgan fingerprint density at radius 1 is 0.974 bits per heavy atom. The maximum absolute atomic E-state index is 13.0. The molecule has 0 unspecified atom stereocenters. The van der Waals surface area contributed by atoms with Crippen LogP contribution in [0.25, 0.3) is 0 Å². The fourth-order valence-electron chi connectivity index (χ4n) is 5.25. The third-order valence-corrected chi connectivity index (χ3v) is 12.2. The van der Waals surface area contributed by atoms with Crippen molar-refractivity contribution >= 4 is 30.7 Å². The van der Waals surface area contributed by atoms with Crippen LogP contribution in [-0.4, -0.2) is 44.0 Å². The molecule has 0 aromatic heterocycles. The molecule has 1 aliphatic heterocycles. The Morgan fingerprint density at radius 3 is 2.03 bits per heavy atom. The van der Waals surface area contributed by atoms with Gasteiger partial charge in [0.1, 0.15) is 6.61 Å². The van der Waals surface area contributed by atoms with Crippen LogP contribution >= 0.6 is 0 Å². The largest absolute Gasteiger partial charge is 0.447 e. The number of rotatable bonds is 9. The van der Waals surface area contributed by atoms with E-state index in [4.69, 9.17) is 9.16 Å². The average molecular weight is 528 g/mol. The first-order chi connectivity index (χ1) is 18.2. The van der Waals surface area contributed by atoms with Crippen LogP contribution in [0.4, 0.5) is 4.79 Å². The van der Waals surface area contributed by atoms with Gasteiger partial charge in [0, 0.05) is 6.10 Å². The molecule has 1 saturated heterocycles. The first-order valence-electron chi connectivity index (χ1n) is 13.2. The monoisotopic (exact) mass is 527 g/mol. The molecule has 6 heteroatoms. The van der Waals surface area contributed by atoms with Gasteiger partial charge in [-0.2, -0.15) is 0 Å². The first kappa shape index (κ1) is 27.5. The summed E-state index contributed by atoms with van der Waals surface area (Å²) in [4.78, 5) is 26.6. The molecule has 3 aromatic rings. The second kappa shape index (κ2) is 11.9. The highest BCUT2D eigenvalue weighted by Gasteiger charge is 2.50. The van der Waals surface area contributed by atoms with Gasteiger partial charge in [-0.05, 0) is 46.8 Å². The zero-order valence-corrected chi connectivity index (χ0v) is 23.7.